The van der Waals surface area contributed by atoms with Gasteiger partial charge in [-0.05, 0) is 0 Å². The van der Waals surface area contributed by atoms with Crippen LogP contribution < -0.4 is 5.32 Å². The summed E-state index contributed by atoms with van der Waals surface area (Å²) >= 11 is 7.51. The van der Waals surface area contributed by atoms with Gasteiger partial charge in [-0.3, -0.25) is 10.00 Å². The van der Waals surface area contributed by atoms with Gasteiger partial charge in [0.1, 0.15) is 11.6 Å². The van der Waals surface area contributed by atoms with Gasteiger partial charge in [-0.1, -0.05) is 11.6 Å². The van der Waals surface area contributed by atoms with Crippen LogP contribution in [0.1, 0.15) is 0 Å². The molecule has 1 aromatic heterocycles. The first kappa shape index (κ1) is 15.3. The van der Waals surface area contributed by atoms with Gasteiger partial charge in [-0.15, -0.1) is 0 Å². The van der Waals surface area contributed by atoms with E-state index in [2.05, 4.69) is 10.4 Å². The summed E-state index contributed by atoms with van der Waals surface area (Å²) in [4.78, 5) is 13.5. The van der Waals surface area contributed by atoms with Crippen LogP contribution >= 0.6 is 23.4 Å². The molecular weight excluding hydrogens is 317 g/mol. The highest BCUT2D eigenvalue weighted by Gasteiger charge is 2.29. The van der Waals surface area contributed by atoms with E-state index in [4.69, 9.17) is 11.6 Å². The Kier molecular flexibility index (Phi) is 4.69. The minimum atomic E-state index is -4.39. The van der Waals surface area contributed by atoms with Crippen molar-refractivity contribution in [1.29, 1.82) is 0 Å². The van der Waals surface area contributed by atoms with E-state index in [9.17, 15) is 18.0 Å². The van der Waals surface area contributed by atoms with Crippen LogP contribution in [-0.2, 0) is 6.54 Å². The molecule has 1 aromatic rings. The summed E-state index contributed by atoms with van der Waals surface area (Å²) in [5, 5.41) is 6.04. The van der Waals surface area contributed by atoms with E-state index < -0.39 is 18.8 Å². The molecule has 0 bridgehead atoms. The summed E-state index contributed by atoms with van der Waals surface area (Å²) in [6.45, 7) is -0.0578. The number of amides is 2. The fourth-order valence-corrected chi connectivity index (χ4v) is 2.79. The second-order valence-electron chi connectivity index (χ2n) is 4.17. The third-order valence-corrected chi connectivity index (χ3v) is 3.80. The van der Waals surface area contributed by atoms with Crippen LogP contribution in [0, 0.1) is 0 Å². The Hall–Kier alpha value is -1.09. The second-order valence-corrected chi connectivity index (χ2v) is 5.80. The number of carbonyl (C=O) groups excluding carboxylic acids is 1. The molecule has 1 N–H and O–H groups in total. The zero-order valence-corrected chi connectivity index (χ0v) is 11.9. The Morgan fingerprint density at radius 2 is 2.10 bits per heavy atom. The van der Waals surface area contributed by atoms with Gasteiger partial charge in [0.25, 0.3) is 0 Å². The number of nitrogens with one attached hydrogen (secondary N) is 1. The average molecular weight is 329 g/mol. The maximum Gasteiger partial charge on any atom is 0.408 e. The van der Waals surface area contributed by atoms with Gasteiger partial charge in [0, 0.05) is 30.8 Å². The lowest BCUT2D eigenvalue weighted by atomic mass is 10.5. The smallest absolute Gasteiger partial charge is 0.323 e. The number of alkyl halides is 3. The molecule has 2 rings (SSSR count). The molecule has 20 heavy (non-hydrogen) atoms. The van der Waals surface area contributed by atoms with Crippen LogP contribution in [0.15, 0.2) is 6.20 Å². The fraction of sp³-hybridized carbons (Fsp3) is 0.600. The van der Waals surface area contributed by atoms with Gasteiger partial charge in [-0.2, -0.15) is 30.0 Å². The molecule has 5 nitrogen and oxygen atoms in total. The molecule has 0 unspecified atom stereocenters. The van der Waals surface area contributed by atoms with Gasteiger partial charge in [-0.25, -0.2) is 4.79 Å². The molecule has 1 aliphatic heterocycles. The molecule has 2 heterocycles. The van der Waals surface area contributed by atoms with Crippen molar-refractivity contribution in [2.24, 2.45) is 0 Å². The topological polar surface area (TPSA) is 50.2 Å². The number of aromatic nitrogens is 2. The molecule has 0 aromatic carbocycles. The first-order valence-electron chi connectivity index (χ1n) is 5.78. The fourth-order valence-electron chi connectivity index (χ4n) is 1.69. The van der Waals surface area contributed by atoms with E-state index in [1.54, 1.807) is 16.7 Å². The van der Waals surface area contributed by atoms with Crippen molar-refractivity contribution in [2.75, 3.05) is 29.9 Å². The van der Waals surface area contributed by atoms with Crippen LogP contribution in [0.3, 0.4) is 0 Å². The molecule has 1 saturated heterocycles. The minimum absolute atomic E-state index is 0.0195. The predicted molar refractivity (Wildman–Crippen MR) is 71.2 cm³/mol. The van der Waals surface area contributed by atoms with E-state index in [1.807, 2.05) is 0 Å². The first-order valence-corrected chi connectivity index (χ1v) is 7.32. The number of hydrogen-bond donors (Lipinski definition) is 1. The SMILES string of the molecule is O=C(Nc1nn(CC(F)(F)F)cc1Cl)N1CCSCC1. The number of nitrogens with zero attached hydrogens (tertiary/aromatic N) is 3. The highest BCUT2D eigenvalue weighted by Crippen LogP contribution is 2.23. The Balaban J connectivity index is 2.00. The summed E-state index contributed by atoms with van der Waals surface area (Å²) in [7, 11) is 0. The van der Waals surface area contributed by atoms with Crippen molar-refractivity contribution in [3.8, 4) is 0 Å². The van der Waals surface area contributed by atoms with E-state index in [0.717, 1.165) is 17.7 Å². The van der Waals surface area contributed by atoms with Crippen molar-refractivity contribution >= 4 is 35.2 Å². The molecule has 0 saturated carbocycles. The number of halogens is 4. The molecule has 1 aliphatic rings. The van der Waals surface area contributed by atoms with Gasteiger partial charge in [0.05, 0.1) is 0 Å². The summed E-state index contributed by atoms with van der Waals surface area (Å²) in [5.41, 5.74) is 0. The molecule has 10 heteroatoms. The lowest BCUT2D eigenvalue weighted by Gasteiger charge is -2.26. The molecule has 112 valence electrons. The maximum atomic E-state index is 12.2. The van der Waals surface area contributed by atoms with Crippen LogP contribution in [0.5, 0.6) is 0 Å². The lowest BCUT2D eigenvalue weighted by molar-refractivity contribution is -0.142. The Morgan fingerprint density at radius 1 is 1.45 bits per heavy atom. The van der Waals surface area contributed by atoms with Crippen LogP contribution in [-0.4, -0.2) is 51.5 Å². The summed E-state index contributed by atoms with van der Waals surface area (Å²) in [6, 6.07) is -0.399. The molecule has 0 atom stereocenters. The molecule has 0 radical (unpaired) electrons. The van der Waals surface area contributed by atoms with Crippen LogP contribution in [0.2, 0.25) is 5.02 Å². The van der Waals surface area contributed by atoms with Crippen LogP contribution in [0.4, 0.5) is 23.8 Å². The first-order chi connectivity index (χ1) is 9.35. The number of urea groups is 1. The van der Waals surface area contributed by atoms with E-state index >= 15 is 0 Å². The van der Waals surface area contributed by atoms with Crippen molar-refractivity contribution in [3.05, 3.63) is 11.2 Å². The second kappa shape index (κ2) is 6.13. The lowest BCUT2D eigenvalue weighted by Crippen LogP contribution is -2.40. The highest BCUT2D eigenvalue weighted by molar-refractivity contribution is 7.99. The molecule has 1 fully saturated rings. The highest BCUT2D eigenvalue weighted by atomic mass is 35.5. The number of rotatable bonds is 2. The summed E-state index contributed by atoms with van der Waals surface area (Å²) in [6.07, 6.45) is -3.35. The molecule has 0 aliphatic carbocycles. The number of hydrogen-bond acceptors (Lipinski definition) is 3. The third-order valence-electron chi connectivity index (χ3n) is 2.58. The standard InChI is InChI=1S/C10H12ClF3N4OS/c11-7-5-18(6-10(12,13)14)16-8(7)15-9(19)17-1-3-20-4-2-17/h5H,1-4,6H2,(H,15,16,19). The van der Waals surface area contributed by atoms with E-state index in [0.29, 0.717) is 17.8 Å². The van der Waals surface area contributed by atoms with Crippen LogP contribution in [0.25, 0.3) is 0 Å². The number of carbonyl (C=O) groups is 1. The van der Waals surface area contributed by atoms with E-state index in [1.165, 1.54) is 0 Å². The zero-order chi connectivity index (χ0) is 14.8. The summed E-state index contributed by atoms with van der Waals surface area (Å²) < 4.78 is 37.4. The quantitative estimate of drug-likeness (QED) is 0.908. The van der Waals surface area contributed by atoms with Gasteiger partial charge in [0.15, 0.2) is 5.82 Å². The number of anilines is 1. The van der Waals surface area contributed by atoms with Gasteiger partial charge >= 0.3 is 12.2 Å². The molecular formula is C10H12ClF3N4OS. The summed E-state index contributed by atoms with van der Waals surface area (Å²) in [5.74, 6) is 1.62. The van der Waals surface area contributed by atoms with Gasteiger partial charge < -0.3 is 4.90 Å². The van der Waals surface area contributed by atoms with Crippen molar-refractivity contribution < 1.29 is 18.0 Å². The van der Waals surface area contributed by atoms with Crippen molar-refractivity contribution in [2.45, 2.75) is 12.7 Å². The maximum absolute atomic E-state index is 12.2. The number of thioether (sulfide) groups is 1. The molecule has 2 amide bonds. The zero-order valence-electron chi connectivity index (χ0n) is 10.3. The minimum Gasteiger partial charge on any atom is -0.323 e. The normalized spacial score (nSPS) is 16.3. The third kappa shape index (κ3) is 4.20. The Bertz CT molecular complexity index is 487. The Labute approximate surface area is 122 Å². The van der Waals surface area contributed by atoms with Gasteiger partial charge in [0.2, 0.25) is 0 Å². The Morgan fingerprint density at radius 3 is 2.70 bits per heavy atom. The van der Waals surface area contributed by atoms with E-state index in [-0.39, 0.29) is 10.8 Å². The molecule has 0 spiro atoms. The predicted octanol–water partition coefficient (Wildman–Crippen LogP) is 2.68. The monoisotopic (exact) mass is 328 g/mol. The van der Waals surface area contributed by atoms with Crippen molar-refractivity contribution in [1.82, 2.24) is 14.7 Å². The average Bonchev–Trinajstić information content (AvgIpc) is 2.68. The van der Waals surface area contributed by atoms with Crippen molar-refractivity contribution in [3.63, 3.8) is 0 Å². The largest absolute Gasteiger partial charge is 0.408 e.